The molecule has 0 aliphatic rings. The van der Waals surface area contributed by atoms with Gasteiger partial charge in [-0.15, -0.1) is 0 Å². The first kappa shape index (κ1) is 19.6. The number of nitrogen functional groups attached to an aromatic ring is 1. The maximum atomic E-state index is 12.5. The summed E-state index contributed by atoms with van der Waals surface area (Å²) in [4.78, 5) is 28.1. The highest BCUT2D eigenvalue weighted by Crippen LogP contribution is 2.14. The molecule has 3 N–H and O–H groups in total. The Morgan fingerprint density at radius 3 is 2.59 bits per heavy atom. The fourth-order valence-electron chi connectivity index (χ4n) is 2.61. The van der Waals surface area contributed by atoms with Gasteiger partial charge in [0.05, 0.1) is 18.2 Å². The molecule has 1 aromatic heterocycles. The SMILES string of the molecule is COC(=O)c1cnc(N)c(C#Cc2cccc(C(=O)Nc3cccc(C)c3)c2)c1. The third-order valence-corrected chi connectivity index (χ3v) is 4.08. The molecule has 3 rings (SSSR count). The minimum absolute atomic E-state index is 0.207. The summed E-state index contributed by atoms with van der Waals surface area (Å²) in [5, 5.41) is 2.87. The minimum atomic E-state index is -0.518. The molecule has 0 radical (unpaired) electrons. The smallest absolute Gasteiger partial charge is 0.339 e. The number of esters is 1. The van der Waals surface area contributed by atoms with Crippen LogP contribution in [0.2, 0.25) is 0 Å². The molecule has 0 saturated heterocycles. The zero-order valence-electron chi connectivity index (χ0n) is 16.0. The van der Waals surface area contributed by atoms with Crippen LogP contribution in [0.3, 0.4) is 0 Å². The number of hydrogen-bond acceptors (Lipinski definition) is 5. The van der Waals surface area contributed by atoms with Gasteiger partial charge in [-0.05, 0) is 48.9 Å². The van der Waals surface area contributed by atoms with Crippen molar-refractivity contribution in [3.63, 3.8) is 0 Å². The Bertz CT molecular complexity index is 1140. The van der Waals surface area contributed by atoms with Crippen molar-refractivity contribution in [2.75, 3.05) is 18.2 Å². The number of nitrogens with one attached hydrogen (secondary N) is 1. The van der Waals surface area contributed by atoms with Gasteiger partial charge in [0.25, 0.3) is 5.91 Å². The lowest BCUT2D eigenvalue weighted by molar-refractivity contribution is 0.0600. The molecule has 0 saturated carbocycles. The normalized spacial score (nSPS) is 9.86. The second kappa shape index (κ2) is 8.72. The van der Waals surface area contributed by atoms with Crippen molar-refractivity contribution in [1.82, 2.24) is 4.98 Å². The van der Waals surface area contributed by atoms with Crippen LogP contribution in [0.5, 0.6) is 0 Å². The Morgan fingerprint density at radius 2 is 1.83 bits per heavy atom. The van der Waals surface area contributed by atoms with Gasteiger partial charge in [0.15, 0.2) is 0 Å². The van der Waals surface area contributed by atoms with Gasteiger partial charge in [-0.2, -0.15) is 0 Å². The summed E-state index contributed by atoms with van der Waals surface area (Å²) < 4.78 is 4.68. The molecule has 0 aliphatic heterocycles. The lowest BCUT2D eigenvalue weighted by Gasteiger charge is -2.06. The zero-order chi connectivity index (χ0) is 20.8. The van der Waals surface area contributed by atoms with E-state index >= 15 is 0 Å². The number of nitrogens with two attached hydrogens (primary N) is 1. The van der Waals surface area contributed by atoms with E-state index in [1.165, 1.54) is 19.4 Å². The van der Waals surface area contributed by atoms with Crippen molar-refractivity contribution < 1.29 is 14.3 Å². The van der Waals surface area contributed by atoms with Crippen LogP contribution in [-0.2, 0) is 4.74 Å². The van der Waals surface area contributed by atoms with Gasteiger partial charge >= 0.3 is 5.97 Å². The van der Waals surface area contributed by atoms with E-state index in [4.69, 9.17) is 5.73 Å². The van der Waals surface area contributed by atoms with Crippen LogP contribution in [0.4, 0.5) is 11.5 Å². The first-order valence-corrected chi connectivity index (χ1v) is 8.80. The molecule has 0 atom stereocenters. The quantitative estimate of drug-likeness (QED) is 0.532. The highest BCUT2D eigenvalue weighted by atomic mass is 16.5. The van der Waals surface area contributed by atoms with Crippen LogP contribution in [0.1, 0.15) is 37.4 Å². The molecule has 0 bridgehead atoms. The Hall–Kier alpha value is -4.11. The van der Waals surface area contributed by atoms with E-state index in [2.05, 4.69) is 26.9 Å². The maximum absolute atomic E-state index is 12.5. The number of ether oxygens (including phenoxy) is 1. The Kier molecular flexibility index (Phi) is 5.91. The fourth-order valence-corrected chi connectivity index (χ4v) is 2.61. The predicted octanol–water partition coefficient (Wildman–Crippen LogP) is 3.41. The van der Waals surface area contributed by atoms with Crippen molar-refractivity contribution in [3.8, 4) is 11.8 Å². The lowest BCUT2D eigenvalue weighted by atomic mass is 10.1. The molecule has 6 nitrogen and oxygen atoms in total. The van der Waals surface area contributed by atoms with E-state index in [-0.39, 0.29) is 17.3 Å². The van der Waals surface area contributed by atoms with Gasteiger partial charge in [-0.25, -0.2) is 9.78 Å². The third kappa shape index (κ3) is 4.99. The molecule has 0 fully saturated rings. The van der Waals surface area contributed by atoms with E-state index in [0.29, 0.717) is 16.7 Å². The summed E-state index contributed by atoms with van der Waals surface area (Å²) in [7, 11) is 1.29. The molecule has 0 spiro atoms. The number of pyridine rings is 1. The van der Waals surface area contributed by atoms with Gasteiger partial charge in [0.1, 0.15) is 5.82 Å². The van der Waals surface area contributed by atoms with E-state index in [9.17, 15) is 9.59 Å². The summed E-state index contributed by atoms with van der Waals surface area (Å²) in [6, 6.07) is 16.0. The largest absolute Gasteiger partial charge is 0.465 e. The molecule has 3 aromatic rings. The number of nitrogens with zero attached hydrogens (tertiary/aromatic N) is 1. The second-order valence-electron chi connectivity index (χ2n) is 6.30. The van der Waals surface area contributed by atoms with Crippen LogP contribution < -0.4 is 11.1 Å². The second-order valence-corrected chi connectivity index (χ2v) is 6.30. The van der Waals surface area contributed by atoms with E-state index < -0.39 is 5.97 Å². The van der Waals surface area contributed by atoms with Crippen molar-refractivity contribution >= 4 is 23.4 Å². The van der Waals surface area contributed by atoms with Crippen LogP contribution in [0.25, 0.3) is 0 Å². The molecular formula is C23H19N3O3. The maximum Gasteiger partial charge on any atom is 0.339 e. The molecule has 0 unspecified atom stereocenters. The molecule has 1 amide bonds. The highest BCUT2D eigenvalue weighted by Gasteiger charge is 2.09. The zero-order valence-corrected chi connectivity index (χ0v) is 16.0. The van der Waals surface area contributed by atoms with E-state index in [1.807, 2.05) is 31.2 Å². The minimum Gasteiger partial charge on any atom is -0.465 e. The Balaban J connectivity index is 1.82. The first-order chi connectivity index (χ1) is 14.0. The third-order valence-electron chi connectivity index (χ3n) is 4.08. The molecule has 6 heteroatoms. The van der Waals surface area contributed by atoms with Crippen molar-refractivity contribution in [2.45, 2.75) is 6.92 Å². The monoisotopic (exact) mass is 385 g/mol. The van der Waals surface area contributed by atoms with Gasteiger partial charge in [-0.3, -0.25) is 4.79 Å². The topological polar surface area (TPSA) is 94.3 Å². The average molecular weight is 385 g/mol. The standard InChI is InChI=1S/C23H19N3O3/c1-15-5-3-8-20(11-15)26-22(27)18-7-4-6-16(12-18)9-10-17-13-19(23(28)29-2)14-25-21(17)24/h3-8,11-14H,1-2H3,(H2,24,25)(H,26,27). The van der Waals surface area contributed by atoms with Gasteiger partial charge in [0, 0.05) is 23.0 Å². The summed E-state index contributed by atoms with van der Waals surface area (Å²) in [6.07, 6.45) is 1.34. The number of aryl methyl sites for hydroxylation is 1. The van der Waals surface area contributed by atoms with Crippen LogP contribution in [0.15, 0.2) is 60.8 Å². The highest BCUT2D eigenvalue weighted by molar-refractivity contribution is 6.04. The van der Waals surface area contributed by atoms with Gasteiger partial charge in [0.2, 0.25) is 0 Å². The number of methoxy groups -OCH3 is 1. The predicted molar refractivity (Wildman–Crippen MR) is 112 cm³/mol. The number of anilines is 2. The van der Waals surface area contributed by atoms with Gasteiger partial charge < -0.3 is 15.8 Å². The molecule has 0 aliphatic carbocycles. The number of hydrogen-bond donors (Lipinski definition) is 2. The molecule has 29 heavy (non-hydrogen) atoms. The summed E-state index contributed by atoms with van der Waals surface area (Å²) in [5.41, 5.74) is 9.40. The number of benzene rings is 2. The number of amides is 1. The van der Waals surface area contributed by atoms with Crippen LogP contribution in [-0.4, -0.2) is 24.0 Å². The van der Waals surface area contributed by atoms with Crippen LogP contribution in [0, 0.1) is 18.8 Å². The summed E-state index contributed by atoms with van der Waals surface area (Å²) in [6.45, 7) is 1.96. The molecule has 144 valence electrons. The van der Waals surface area contributed by atoms with Crippen molar-refractivity contribution in [1.29, 1.82) is 0 Å². The molecular weight excluding hydrogens is 366 g/mol. The Morgan fingerprint density at radius 1 is 1.03 bits per heavy atom. The Labute approximate surface area is 168 Å². The molecule has 2 aromatic carbocycles. The number of carbonyl (C=O) groups excluding carboxylic acids is 2. The average Bonchev–Trinajstić information content (AvgIpc) is 2.73. The number of aromatic nitrogens is 1. The van der Waals surface area contributed by atoms with E-state index in [0.717, 1.165) is 11.3 Å². The summed E-state index contributed by atoms with van der Waals surface area (Å²) >= 11 is 0. The number of carbonyl (C=O) groups is 2. The van der Waals surface area contributed by atoms with E-state index in [1.54, 1.807) is 24.3 Å². The van der Waals surface area contributed by atoms with Crippen molar-refractivity contribution in [2.24, 2.45) is 0 Å². The summed E-state index contributed by atoms with van der Waals surface area (Å²) in [5.74, 6) is 5.31. The van der Waals surface area contributed by atoms with Crippen LogP contribution >= 0.6 is 0 Å². The lowest BCUT2D eigenvalue weighted by Crippen LogP contribution is -2.12. The molecule has 1 heterocycles. The number of rotatable bonds is 3. The van der Waals surface area contributed by atoms with Crippen molar-refractivity contribution in [3.05, 3.63) is 88.6 Å². The van der Waals surface area contributed by atoms with Gasteiger partial charge in [-0.1, -0.05) is 30.0 Å². The fraction of sp³-hybridized carbons (Fsp3) is 0.0870. The first-order valence-electron chi connectivity index (χ1n) is 8.80.